The maximum absolute atomic E-state index is 5.50. The summed E-state index contributed by atoms with van der Waals surface area (Å²) in [5, 5.41) is 2.68. The summed E-state index contributed by atoms with van der Waals surface area (Å²) in [6, 6.07) is 4.91. The molecule has 0 aliphatic carbocycles. The van der Waals surface area contributed by atoms with Crippen LogP contribution >= 0.6 is 0 Å². The number of hydrogen-bond acceptors (Lipinski definition) is 3. The third kappa shape index (κ3) is 3.99. The van der Waals surface area contributed by atoms with E-state index in [2.05, 4.69) is 37.8 Å². The Hall–Kier alpha value is -0.688. The van der Waals surface area contributed by atoms with Crippen LogP contribution in [0, 0.1) is 5.92 Å². The first kappa shape index (κ1) is 17.7. The number of fused-ring (bicyclic) bond motifs is 1. The first-order valence-electron chi connectivity index (χ1n) is 8.41. The van der Waals surface area contributed by atoms with Crippen molar-refractivity contribution in [3.05, 3.63) is 23.3 Å². The van der Waals surface area contributed by atoms with Crippen LogP contribution in [0.5, 0.6) is 11.5 Å². The lowest BCUT2D eigenvalue weighted by molar-refractivity contribution is 0.209. The fourth-order valence-corrected chi connectivity index (χ4v) is 4.93. The molecule has 3 nitrogen and oxygen atoms in total. The molecule has 0 N–H and O–H groups in total. The van der Waals surface area contributed by atoms with Crippen LogP contribution < -0.4 is 9.47 Å². The minimum absolute atomic E-state index is 0.528. The van der Waals surface area contributed by atoms with Gasteiger partial charge in [0.1, 0.15) is 0 Å². The molecule has 121 valence electrons. The van der Waals surface area contributed by atoms with Gasteiger partial charge in [-0.1, -0.05) is 37.4 Å². The van der Waals surface area contributed by atoms with Crippen molar-refractivity contribution >= 4 is 15.2 Å². The summed E-state index contributed by atoms with van der Waals surface area (Å²) in [7, 11) is 3.44. The lowest BCUT2D eigenvalue weighted by Gasteiger charge is -2.37. The van der Waals surface area contributed by atoms with Gasteiger partial charge in [0.05, 0.1) is 14.2 Å². The number of rotatable bonds is 7. The summed E-state index contributed by atoms with van der Waals surface area (Å²) in [4.78, 5) is 2.69. The molecule has 0 fully saturated rings. The molecule has 0 spiro atoms. The van der Waals surface area contributed by atoms with Crippen LogP contribution in [0.2, 0.25) is 5.28 Å². The van der Waals surface area contributed by atoms with Crippen molar-refractivity contribution in [2.45, 2.75) is 44.9 Å². The molecule has 4 heteroatoms. The van der Waals surface area contributed by atoms with E-state index < -0.39 is 0 Å². The van der Waals surface area contributed by atoms with E-state index in [1.807, 2.05) is 0 Å². The molecule has 1 radical (unpaired) electrons. The molecule has 1 atom stereocenters. The van der Waals surface area contributed by atoms with Crippen molar-refractivity contribution in [2.75, 3.05) is 26.2 Å². The van der Waals surface area contributed by atoms with Crippen LogP contribution in [0.15, 0.2) is 12.1 Å². The molecule has 0 saturated carbocycles. The number of nitrogens with zero attached hydrogens (tertiary/aromatic N) is 1. The normalized spacial score (nSPS) is 18.2. The van der Waals surface area contributed by atoms with Gasteiger partial charge in [0.2, 0.25) is 15.2 Å². The van der Waals surface area contributed by atoms with Gasteiger partial charge in [-0.05, 0) is 36.1 Å². The second-order valence-corrected chi connectivity index (χ2v) is 7.91. The van der Waals surface area contributed by atoms with E-state index in [9.17, 15) is 0 Å². The molecule has 2 rings (SSSR count). The molecule has 0 aromatic heterocycles. The van der Waals surface area contributed by atoms with Crippen molar-refractivity contribution in [3.8, 4) is 11.5 Å². The summed E-state index contributed by atoms with van der Waals surface area (Å²) >= 11 is 0.528. The van der Waals surface area contributed by atoms with E-state index in [1.165, 1.54) is 28.4 Å². The zero-order valence-corrected chi connectivity index (χ0v) is 15.8. The molecule has 1 aromatic carbocycles. The number of hydrogen-bond donors (Lipinski definition) is 0. The van der Waals surface area contributed by atoms with Gasteiger partial charge in [0.25, 0.3) is 0 Å². The smallest absolute Gasteiger partial charge is 0.223 e. The summed E-state index contributed by atoms with van der Waals surface area (Å²) in [5.41, 5.74) is 2.87. The highest BCUT2D eigenvalue weighted by molar-refractivity contribution is 6.35. The highest BCUT2D eigenvalue weighted by Gasteiger charge is 2.27. The fourth-order valence-electron chi connectivity index (χ4n) is 3.35. The predicted molar refractivity (Wildman–Crippen MR) is 93.3 cm³/mol. The summed E-state index contributed by atoms with van der Waals surface area (Å²) < 4.78 is 11.0. The van der Waals surface area contributed by atoms with Crippen molar-refractivity contribution < 1.29 is 9.47 Å². The van der Waals surface area contributed by atoms with E-state index in [0.29, 0.717) is 21.3 Å². The maximum atomic E-state index is 5.50. The zero-order chi connectivity index (χ0) is 16.1. The molecule has 1 aliphatic rings. The van der Waals surface area contributed by atoms with Gasteiger partial charge in [0.15, 0.2) is 11.5 Å². The summed E-state index contributed by atoms with van der Waals surface area (Å²) in [6.07, 6.45) is 2.27. The second kappa shape index (κ2) is 8.25. The Bertz CT molecular complexity index is 490. The van der Waals surface area contributed by atoms with Gasteiger partial charge < -0.3 is 14.4 Å². The largest absolute Gasteiger partial charge is 0.493 e. The van der Waals surface area contributed by atoms with Gasteiger partial charge in [-0.25, -0.2) is 0 Å². The Morgan fingerprint density at radius 1 is 1.23 bits per heavy atom. The number of methoxy groups -OCH3 is 2. The van der Waals surface area contributed by atoms with E-state index in [-0.39, 0.29) is 0 Å². The lowest BCUT2D eigenvalue weighted by atomic mass is 9.91. The van der Waals surface area contributed by atoms with Gasteiger partial charge in [-0.15, -0.1) is 0 Å². The predicted octanol–water partition coefficient (Wildman–Crippen LogP) is 3.75. The Morgan fingerprint density at radius 3 is 2.50 bits per heavy atom. The topological polar surface area (TPSA) is 21.7 Å². The van der Waals surface area contributed by atoms with Crippen LogP contribution in [-0.4, -0.2) is 46.3 Å². The van der Waals surface area contributed by atoms with Crippen molar-refractivity contribution in [3.63, 3.8) is 0 Å². The number of ether oxygens (including phenoxy) is 2. The zero-order valence-electron chi connectivity index (χ0n) is 14.7. The monoisotopic (exact) mass is 318 g/mol. The lowest BCUT2D eigenvalue weighted by Crippen LogP contribution is -2.38. The summed E-state index contributed by atoms with van der Waals surface area (Å²) in [6.45, 7) is 8.12. The molecule has 22 heavy (non-hydrogen) atoms. The molecule has 0 unspecified atom stereocenters. The Morgan fingerprint density at radius 2 is 1.91 bits per heavy atom. The third-order valence-electron chi connectivity index (χ3n) is 4.50. The van der Waals surface area contributed by atoms with Gasteiger partial charge in [0, 0.05) is 12.6 Å². The molecule has 0 amide bonds. The minimum Gasteiger partial charge on any atom is -0.493 e. The number of benzene rings is 1. The van der Waals surface area contributed by atoms with E-state index >= 15 is 0 Å². The van der Waals surface area contributed by atoms with Crippen LogP contribution in [0.3, 0.4) is 0 Å². The minimum atomic E-state index is 0.528. The molecular formula is C18H29AlNO2. The highest BCUT2D eigenvalue weighted by Crippen LogP contribution is 2.39. The van der Waals surface area contributed by atoms with Crippen LogP contribution in [0.25, 0.3) is 0 Å². The van der Waals surface area contributed by atoms with Crippen molar-refractivity contribution in [1.82, 2.24) is 4.90 Å². The van der Waals surface area contributed by atoms with Crippen molar-refractivity contribution in [1.29, 1.82) is 0 Å². The molecule has 1 heterocycles. The van der Waals surface area contributed by atoms with Gasteiger partial charge in [-0.2, -0.15) is 0 Å². The average molecular weight is 318 g/mol. The molecule has 1 aromatic rings. The SMILES string of the molecule is CC[C@H]1c2cc(OC)c(OC)cc2CCN1[CH2][Al][CH2]C(C)C. The van der Waals surface area contributed by atoms with Gasteiger partial charge in [-0.3, -0.25) is 0 Å². The van der Waals surface area contributed by atoms with Gasteiger partial charge >= 0.3 is 0 Å². The Labute approximate surface area is 141 Å². The van der Waals surface area contributed by atoms with Crippen molar-refractivity contribution in [2.24, 2.45) is 5.92 Å². The van der Waals surface area contributed by atoms with Crippen LogP contribution in [-0.2, 0) is 6.42 Å². The Balaban J connectivity index is 2.19. The van der Waals surface area contributed by atoms with E-state index in [4.69, 9.17) is 9.47 Å². The first-order valence-corrected chi connectivity index (χ1v) is 10.0. The summed E-state index contributed by atoms with van der Waals surface area (Å²) in [5.74, 6) is 2.54. The van der Waals surface area contributed by atoms with E-state index in [1.54, 1.807) is 14.2 Å². The average Bonchev–Trinajstić information content (AvgIpc) is 2.52. The maximum Gasteiger partial charge on any atom is 0.223 e. The molecular weight excluding hydrogens is 289 g/mol. The fraction of sp³-hybridized carbons (Fsp3) is 0.667. The standard InChI is InChI=1S/C14H20NO2.C4H9.Al/c1-5-12-11-9-14(17-4)13(16-3)8-10(11)6-7-15(12)2;1-4(2)3;/h8-9,12H,2,5-7H2,1,3-4H3;4H,1H2,2-3H3;/t12-;;/m0../s1. The third-order valence-corrected chi connectivity index (χ3v) is 6.51. The van der Waals surface area contributed by atoms with Crippen LogP contribution in [0.1, 0.15) is 44.4 Å². The quantitative estimate of drug-likeness (QED) is 0.715. The molecule has 0 bridgehead atoms. The molecule has 1 aliphatic heterocycles. The van der Waals surface area contributed by atoms with Crippen LogP contribution in [0.4, 0.5) is 0 Å². The highest BCUT2D eigenvalue weighted by atomic mass is 27.1. The molecule has 0 saturated heterocycles. The Kier molecular flexibility index (Phi) is 6.62. The second-order valence-electron chi connectivity index (χ2n) is 6.49. The van der Waals surface area contributed by atoms with E-state index in [0.717, 1.165) is 30.3 Å². The first-order chi connectivity index (χ1) is 10.6.